The van der Waals surface area contributed by atoms with Gasteiger partial charge in [0.15, 0.2) is 0 Å². The molecule has 0 spiro atoms. The first-order valence-corrected chi connectivity index (χ1v) is 8.34. The first-order valence-electron chi connectivity index (χ1n) is 8.34. The van der Waals surface area contributed by atoms with Crippen LogP contribution in [0.4, 0.5) is 0 Å². The predicted octanol–water partition coefficient (Wildman–Crippen LogP) is 0.195. The molecule has 0 aliphatic carbocycles. The van der Waals surface area contributed by atoms with Gasteiger partial charge in [0.05, 0.1) is 11.8 Å². The fraction of sp³-hybridized carbons (Fsp3) is 0.412. The minimum Gasteiger partial charge on any atom is -0.329 e. The number of carbonyl (C=O) groups is 6. The molecule has 2 rings (SSSR count). The van der Waals surface area contributed by atoms with E-state index in [-0.39, 0.29) is 19.3 Å². The van der Waals surface area contributed by atoms with Gasteiger partial charge in [0.1, 0.15) is 0 Å². The molecule has 0 aromatic heterocycles. The molecule has 4 amide bonds. The number of hydrogen-bond acceptors (Lipinski definition) is 8. The Hall–Kier alpha value is -3.30. The lowest BCUT2D eigenvalue weighted by Gasteiger charge is -2.22. The average molecular weight is 378 g/mol. The van der Waals surface area contributed by atoms with Gasteiger partial charge in [-0.2, -0.15) is 0 Å². The second kappa shape index (κ2) is 8.39. The molecule has 2 aliphatic rings. The van der Waals surface area contributed by atoms with Crippen molar-refractivity contribution in [1.82, 2.24) is 10.1 Å². The van der Waals surface area contributed by atoms with Gasteiger partial charge in [0.2, 0.25) is 0 Å². The summed E-state index contributed by atoms with van der Waals surface area (Å²) in [5.41, 5.74) is 0. The van der Waals surface area contributed by atoms with Crippen LogP contribution in [0.25, 0.3) is 0 Å². The van der Waals surface area contributed by atoms with Crippen LogP contribution >= 0.6 is 0 Å². The minimum absolute atomic E-state index is 0.00202. The van der Waals surface area contributed by atoms with Crippen molar-refractivity contribution in [1.29, 1.82) is 0 Å². The van der Waals surface area contributed by atoms with Crippen molar-refractivity contribution in [2.45, 2.75) is 33.1 Å². The Morgan fingerprint density at radius 1 is 0.741 bits per heavy atom. The van der Waals surface area contributed by atoms with Crippen LogP contribution in [0.1, 0.15) is 33.1 Å². The smallest absolute Gasteiger partial charge is 0.329 e. The van der Waals surface area contributed by atoms with E-state index in [0.29, 0.717) is 10.1 Å². The fourth-order valence-electron chi connectivity index (χ4n) is 2.48. The van der Waals surface area contributed by atoms with Crippen molar-refractivity contribution in [3.63, 3.8) is 0 Å². The maximum atomic E-state index is 12.3. The molecule has 0 aromatic carbocycles. The monoisotopic (exact) mass is 378 g/mol. The van der Waals surface area contributed by atoms with Gasteiger partial charge in [-0.1, -0.05) is 24.0 Å². The van der Waals surface area contributed by atoms with E-state index in [2.05, 4.69) is 0 Å². The van der Waals surface area contributed by atoms with E-state index in [0.717, 1.165) is 24.3 Å². The quantitative estimate of drug-likeness (QED) is 0.548. The highest BCUT2D eigenvalue weighted by Crippen LogP contribution is 2.23. The predicted molar refractivity (Wildman–Crippen MR) is 86.3 cm³/mol. The lowest BCUT2D eigenvalue weighted by Crippen LogP contribution is -2.38. The van der Waals surface area contributed by atoms with Crippen LogP contribution in [0.15, 0.2) is 24.3 Å². The van der Waals surface area contributed by atoms with Crippen molar-refractivity contribution >= 4 is 35.6 Å². The third-order valence-electron chi connectivity index (χ3n) is 4.12. The third kappa shape index (κ3) is 4.46. The van der Waals surface area contributed by atoms with Gasteiger partial charge in [0.25, 0.3) is 23.6 Å². The molecule has 0 N–H and O–H groups in total. The number of rotatable bonds is 8. The Morgan fingerprint density at radius 2 is 1.04 bits per heavy atom. The Balaban J connectivity index is 1.97. The minimum atomic E-state index is -0.843. The molecule has 0 radical (unpaired) electrons. The molecular formula is C17H18N2O8. The number of carbonyl (C=O) groups excluding carboxylic acids is 6. The molecule has 10 heteroatoms. The van der Waals surface area contributed by atoms with E-state index >= 15 is 0 Å². The summed E-state index contributed by atoms with van der Waals surface area (Å²) >= 11 is 0. The zero-order valence-corrected chi connectivity index (χ0v) is 14.7. The van der Waals surface area contributed by atoms with Crippen LogP contribution in [-0.2, 0) is 38.4 Å². The zero-order chi connectivity index (χ0) is 20.1. The number of amides is 4. The molecule has 2 aliphatic heterocycles. The summed E-state index contributed by atoms with van der Waals surface area (Å²) in [5.74, 6) is -6.37. The highest BCUT2D eigenvalue weighted by atomic mass is 16.7. The summed E-state index contributed by atoms with van der Waals surface area (Å²) < 4.78 is 0. The average Bonchev–Trinajstić information content (AvgIpc) is 3.12. The molecule has 2 atom stereocenters. The first-order chi connectivity index (χ1) is 12.8. The Morgan fingerprint density at radius 3 is 1.30 bits per heavy atom. The largest absolute Gasteiger partial charge is 0.336 e. The van der Waals surface area contributed by atoms with Crippen LogP contribution in [0, 0.1) is 11.8 Å². The highest BCUT2D eigenvalue weighted by molar-refractivity contribution is 6.13. The van der Waals surface area contributed by atoms with Crippen molar-refractivity contribution in [3.8, 4) is 0 Å². The van der Waals surface area contributed by atoms with E-state index in [1.807, 2.05) is 0 Å². The number of imide groups is 2. The maximum Gasteiger partial charge on any atom is 0.336 e. The van der Waals surface area contributed by atoms with E-state index in [4.69, 9.17) is 9.68 Å². The molecule has 27 heavy (non-hydrogen) atoms. The molecule has 0 saturated carbocycles. The molecule has 10 nitrogen and oxygen atoms in total. The topological polar surface area (TPSA) is 127 Å². The first kappa shape index (κ1) is 20.0. The number of hydroxylamine groups is 4. The molecule has 0 fully saturated rings. The van der Waals surface area contributed by atoms with Crippen LogP contribution in [-0.4, -0.2) is 45.7 Å². The fourth-order valence-corrected chi connectivity index (χ4v) is 2.48. The Labute approximate surface area is 154 Å². The van der Waals surface area contributed by atoms with Gasteiger partial charge in [-0.05, 0) is 19.3 Å². The third-order valence-corrected chi connectivity index (χ3v) is 4.12. The molecule has 144 valence electrons. The molecule has 2 unspecified atom stereocenters. The van der Waals surface area contributed by atoms with Gasteiger partial charge in [-0.15, -0.1) is 0 Å². The van der Waals surface area contributed by atoms with Crippen molar-refractivity contribution in [2.24, 2.45) is 11.8 Å². The van der Waals surface area contributed by atoms with Gasteiger partial charge < -0.3 is 9.68 Å². The lowest BCUT2D eigenvalue weighted by atomic mass is 9.91. The second-order valence-corrected chi connectivity index (χ2v) is 5.88. The summed E-state index contributed by atoms with van der Waals surface area (Å²) in [6, 6.07) is 0. The maximum absolute atomic E-state index is 12.3. The van der Waals surface area contributed by atoms with E-state index in [1.54, 1.807) is 13.8 Å². The summed E-state index contributed by atoms with van der Waals surface area (Å²) in [4.78, 5) is 80.1. The van der Waals surface area contributed by atoms with Crippen molar-refractivity contribution in [2.75, 3.05) is 0 Å². The van der Waals surface area contributed by atoms with Crippen LogP contribution in [0.3, 0.4) is 0 Å². The SMILES string of the molecule is CCC(CC(CC)C(=O)ON1C(=O)C=CC1=O)C(=O)ON1C(=O)C=CC1=O. The summed E-state index contributed by atoms with van der Waals surface area (Å²) in [5, 5.41) is 0.689. The summed E-state index contributed by atoms with van der Waals surface area (Å²) in [6.45, 7) is 3.35. The number of hydrogen-bond donors (Lipinski definition) is 0. The zero-order valence-electron chi connectivity index (χ0n) is 14.7. The normalized spacial score (nSPS) is 18.3. The summed E-state index contributed by atoms with van der Waals surface area (Å²) in [7, 11) is 0. The van der Waals surface area contributed by atoms with Crippen LogP contribution in [0.2, 0.25) is 0 Å². The van der Waals surface area contributed by atoms with Gasteiger partial charge >= 0.3 is 11.9 Å². The standard InChI is InChI=1S/C17H18N2O8/c1-3-10(16(24)26-18-12(20)5-6-13(18)21)9-11(4-2)17(25)27-19-14(22)7-8-15(19)23/h5-8,10-11H,3-4,9H2,1-2H3. The molecule has 0 aromatic rings. The van der Waals surface area contributed by atoms with Gasteiger partial charge in [-0.3, -0.25) is 19.2 Å². The van der Waals surface area contributed by atoms with E-state index < -0.39 is 47.4 Å². The van der Waals surface area contributed by atoms with E-state index in [1.165, 1.54) is 0 Å². The molecular weight excluding hydrogens is 360 g/mol. The molecule has 2 heterocycles. The van der Waals surface area contributed by atoms with Crippen molar-refractivity contribution < 1.29 is 38.4 Å². The lowest BCUT2D eigenvalue weighted by molar-refractivity contribution is -0.203. The molecule has 0 saturated heterocycles. The second-order valence-electron chi connectivity index (χ2n) is 5.88. The van der Waals surface area contributed by atoms with E-state index in [9.17, 15) is 28.8 Å². The van der Waals surface area contributed by atoms with Crippen LogP contribution in [0.5, 0.6) is 0 Å². The Bertz CT molecular complexity index is 656. The van der Waals surface area contributed by atoms with Crippen molar-refractivity contribution in [3.05, 3.63) is 24.3 Å². The van der Waals surface area contributed by atoms with Gasteiger partial charge in [0, 0.05) is 24.3 Å². The summed E-state index contributed by atoms with van der Waals surface area (Å²) in [6.07, 6.45) is 4.44. The highest BCUT2D eigenvalue weighted by Gasteiger charge is 2.35. The van der Waals surface area contributed by atoms with Crippen LogP contribution < -0.4 is 0 Å². The Kier molecular flexibility index (Phi) is 6.22. The van der Waals surface area contributed by atoms with Gasteiger partial charge in [-0.25, -0.2) is 9.59 Å². The number of nitrogens with zero attached hydrogens (tertiary/aromatic N) is 2. The molecule has 0 bridgehead atoms.